The minimum absolute atomic E-state index is 0.0903. The van der Waals surface area contributed by atoms with Gasteiger partial charge in [-0.3, -0.25) is 4.79 Å². The van der Waals surface area contributed by atoms with Crippen molar-refractivity contribution in [3.63, 3.8) is 0 Å². The molecule has 0 bridgehead atoms. The number of benzene rings is 3. The van der Waals surface area contributed by atoms with Crippen LogP contribution in [0.3, 0.4) is 0 Å². The number of hydrogen-bond donors (Lipinski definition) is 0. The second-order valence-corrected chi connectivity index (χ2v) is 8.21. The Morgan fingerprint density at radius 1 is 1.00 bits per heavy atom. The number of halogens is 1. The first-order valence-electron chi connectivity index (χ1n) is 9.86. The number of ether oxygens (including phenoxy) is 1. The molecular weight excluding hydrogens is 456 g/mol. The molecule has 0 radical (unpaired) electrons. The molecule has 2 heterocycles. The lowest BCUT2D eigenvalue weighted by molar-refractivity contribution is 0.0964. The Morgan fingerprint density at radius 2 is 1.68 bits per heavy atom. The molecule has 2 aromatic heterocycles. The zero-order chi connectivity index (χ0) is 21.4. The van der Waals surface area contributed by atoms with Gasteiger partial charge in [0.05, 0.1) is 25.4 Å². The van der Waals surface area contributed by atoms with E-state index in [0.717, 1.165) is 21.2 Å². The van der Waals surface area contributed by atoms with Crippen LogP contribution >= 0.6 is 15.9 Å². The van der Waals surface area contributed by atoms with Crippen LogP contribution < -0.4 is 4.74 Å². The molecule has 0 saturated heterocycles. The average molecular weight is 475 g/mol. The number of aromatic nitrogens is 4. The molecule has 0 atom stereocenters. The molecule has 0 unspecified atom stereocenters. The molecule has 0 N–H and O–H groups in total. The number of nitrogens with zero attached hydrogens (tertiary/aromatic N) is 4. The van der Waals surface area contributed by atoms with Crippen molar-refractivity contribution in [3.05, 3.63) is 88.7 Å². The summed E-state index contributed by atoms with van der Waals surface area (Å²) in [6, 6.07) is 22.1. The zero-order valence-electron chi connectivity index (χ0n) is 16.8. The van der Waals surface area contributed by atoms with Gasteiger partial charge in [0, 0.05) is 26.3 Å². The van der Waals surface area contributed by atoms with Gasteiger partial charge in [0.25, 0.3) is 0 Å². The van der Waals surface area contributed by atoms with Crippen LogP contribution in [-0.2, 0) is 13.1 Å². The SMILES string of the molecule is COc1ccc(Br)cc1C(=O)Cn1cc(Cn2c3ccccc3c3ccccc32)nn1. The molecule has 7 heteroatoms. The summed E-state index contributed by atoms with van der Waals surface area (Å²) in [7, 11) is 1.55. The molecule has 0 spiro atoms. The molecule has 0 aliphatic carbocycles. The number of para-hydroxylation sites is 2. The number of fused-ring (bicyclic) bond motifs is 3. The average Bonchev–Trinajstić information content (AvgIpc) is 3.37. The van der Waals surface area contributed by atoms with E-state index >= 15 is 0 Å². The smallest absolute Gasteiger partial charge is 0.188 e. The van der Waals surface area contributed by atoms with E-state index in [4.69, 9.17) is 4.74 Å². The van der Waals surface area contributed by atoms with Crippen LogP contribution in [0.15, 0.2) is 77.4 Å². The maximum absolute atomic E-state index is 12.8. The van der Waals surface area contributed by atoms with E-state index in [1.165, 1.54) is 10.8 Å². The number of carbonyl (C=O) groups excluding carboxylic acids is 1. The molecule has 0 amide bonds. The van der Waals surface area contributed by atoms with Crippen molar-refractivity contribution in [1.29, 1.82) is 0 Å². The molecular formula is C24H19BrN4O2. The first kappa shape index (κ1) is 19.5. The van der Waals surface area contributed by atoms with Gasteiger partial charge in [-0.25, -0.2) is 4.68 Å². The van der Waals surface area contributed by atoms with Gasteiger partial charge >= 0.3 is 0 Å². The van der Waals surface area contributed by atoms with Crippen LogP contribution in [0.1, 0.15) is 16.1 Å². The van der Waals surface area contributed by atoms with Crippen molar-refractivity contribution in [2.75, 3.05) is 7.11 Å². The maximum Gasteiger partial charge on any atom is 0.188 e. The summed E-state index contributed by atoms with van der Waals surface area (Å²) in [5.41, 5.74) is 3.60. The van der Waals surface area contributed by atoms with Crippen LogP contribution in [0.2, 0.25) is 0 Å². The number of Topliss-reactive ketones (excluding diaryl/α,β-unsaturated/α-hetero) is 1. The van der Waals surface area contributed by atoms with Crippen molar-refractivity contribution in [3.8, 4) is 5.75 Å². The number of ketones is 1. The van der Waals surface area contributed by atoms with Crippen molar-refractivity contribution < 1.29 is 9.53 Å². The lowest BCUT2D eigenvalue weighted by atomic mass is 10.1. The Balaban J connectivity index is 1.43. The third kappa shape index (κ3) is 3.61. The summed E-state index contributed by atoms with van der Waals surface area (Å²) < 4.78 is 9.96. The van der Waals surface area contributed by atoms with E-state index in [9.17, 15) is 4.79 Å². The van der Waals surface area contributed by atoms with Crippen molar-refractivity contribution in [2.24, 2.45) is 0 Å². The first-order valence-corrected chi connectivity index (χ1v) is 10.6. The Labute approximate surface area is 187 Å². The summed E-state index contributed by atoms with van der Waals surface area (Å²) in [5.74, 6) is 0.449. The molecule has 0 aliphatic heterocycles. The molecule has 3 aromatic carbocycles. The number of carbonyl (C=O) groups is 1. The van der Waals surface area contributed by atoms with Crippen LogP contribution in [-0.4, -0.2) is 32.5 Å². The molecule has 6 nitrogen and oxygen atoms in total. The van der Waals surface area contributed by atoms with Gasteiger partial charge in [0.15, 0.2) is 5.78 Å². The fraction of sp³-hybridized carbons (Fsp3) is 0.125. The van der Waals surface area contributed by atoms with Crippen LogP contribution in [0.5, 0.6) is 5.75 Å². The quantitative estimate of drug-likeness (QED) is 0.321. The maximum atomic E-state index is 12.8. The third-order valence-corrected chi connectivity index (χ3v) is 5.85. The summed E-state index contributed by atoms with van der Waals surface area (Å²) >= 11 is 3.41. The molecule has 0 saturated carbocycles. The second kappa shape index (κ2) is 8.00. The second-order valence-electron chi connectivity index (χ2n) is 7.30. The minimum atomic E-state index is -0.0912. The molecule has 5 aromatic rings. The lowest BCUT2D eigenvalue weighted by Crippen LogP contribution is -2.12. The molecule has 0 fully saturated rings. The number of rotatable bonds is 6. The van der Waals surface area contributed by atoms with Crippen molar-refractivity contribution in [1.82, 2.24) is 19.6 Å². The number of hydrogen-bond acceptors (Lipinski definition) is 4. The standard InChI is InChI=1S/C24H19BrN4O2/c1-31-24-11-10-16(25)12-20(24)23(30)15-28-13-17(26-27-28)14-29-21-8-4-2-6-18(21)19-7-3-5-9-22(19)29/h2-13H,14-15H2,1H3. The molecule has 31 heavy (non-hydrogen) atoms. The fourth-order valence-corrected chi connectivity index (χ4v) is 4.32. The van der Waals surface area contributed by atoms with Gasteiger partial charge in [-0.1, -0.05) is 57.5 Å². The summed E-state index contributed by atoms with van der Waals surface area (Å²) in [5, 5.41) is 10.9. The Hall–Kier alpha value is -3.45. The van der Waals surface area contributed by atoms with E-state index in [0.29, 0.717) is 17.9 Å². The van der Waals surface area contributed by atoms with Crippen LogP contribution in [0.25, 0.3) is 21.8 Å². The number of methoxy groups -OCH3 is 1. The first-order chi connectivity index (χ1) is 15.1. The molecule has 0 aliphatic rings. The van der Waals surface area contributed by atoms with Gasteiger partial charge in [0.2, 0.25) is 0 Å². The van der Waals surface area contributed by atoms with Gasteiger partial charge in [-0.05, 0) is 30.3 Å². The zero-order valence-corrected chi connectivity index (χ0v) is 18.4. The topological polar surface area (TPSA) is 61.9 Å². The van der Waals surface area contributed by atoms with Gasteiger partial charge in [-0.2, -0.15) is 0 Å². The van der Waals surface area contributed by atoms with E-state index < -0.39 is 0 Å². The Morgan fingerprint density at radius 3 is 2.35 bits per heavy atom. The normalized spacial score (nSPS) is 11.3. The van der Waals surface area contributed by atoms with Crippen LogP contribution in [0.4, 0.5) is 0 Å². The predicted octanol–water partition coefficient (Wildman–Crippen LogP) is 5.09. The summed E-state index contributed by atoms with van der Waals surface area (Å²) in [4.78, 5) is 12.8. The minimum Gasteiger partial charge on any atom is -0.496 e. The van der Waals surface area contributed by atoms with E-state index in [1.807, 2.05) is 24.4 Å². The van der Waals surface area contributed by atoms with Crippen molar-refractivity contribution >= 4 is 43.5 Å². The highest BCUT2D eigenvalue weighted by atomic mass is 79.9. The van der Waals surface area contributed by atoms with Gasteiger partial charge in [0.1, 0.15) is 18.0 Å². The summed E-state index contributed by atoms with van der Waals surface area (Å²) in [6.07, 6.45) is 1.83. The third-order valence-electron chi connectivity index (χ3n) is 5.35. The fourth-order valence-electron chi connectivity index (χ4n) is 3.95. The van der Waals surface area contributed by atoms with Crippen LogP contribution in [0, 0.1) is 0 Å². The van der Waals surface area contributed by atoms with E-state index in [2.05, 4.69) is 67.2 Å². The van der Waals surface area contributed by atoms with E-state index in [-0.39, 0.29) is 12.3 Å². The lowest BCUT2D eigenvalue weighted by Gasteiger charge is -2.08. The Kier molecular flexibility index (Phi) is 5.03. The molecule has 154 valence electrons. The summed E-state index contributed by atoms with van der Waals surface area (Å²) in [6.45, 7) is 0.662. The predicted molar refractivity (Wildman–Crippen MR) is 124 cm³/mol. The van der Waals surface area contributed by atoms with Gasteiger partial charge in [-0.15, -0.1) is 5.10 Å². The van der Waals surface area contributed by atoms with Crippen molar-refractivity contribution in [2.45, 2.75) is 13.1 Å². The largest absolute Gasteiger partial charge is 0.496 e. The molecule has 5 rings (SSSR count). The Bertz CT molecular complexity index is 1370. The highest BCUT2D eigenvalue weighted by Crippen LogP contribution is 2.29. The highest BCUT2D eigenvalue weighted by molar-refractivity contribution is 9.10. The monoisotopic (exact) mass is 474 g/mol. The van der Waals surface area contributed by atoms with E-state index in [1.54, 1.807) is 23.9 Å². The highest BCUT2D eigenvalue weighted by Gasteiger charge is 2.16. The van der Waals surface area contributed by atoms with Gasteiger partial charge < -0.3 is 9.30 Å².